The minimum atomic E-state index is 0.774. The molecular formula is C13H26O. The zero-order valence-corrected chi connectivity index (χ0v) is 9.93. The molecule has 0 N–H and O–H groups in total. The van der Waals surface area contributed by atoms with Gasteiger partial charge in [-0.1, -0.05) is 58.8 Å². The number of carbonyl (C=O) groups excluding carboxylic acids is 1. The normalized spacial score (nSPS) is 17.0. The van der Waals surface area contributed by atoms with Crippen LogP contribution in [0.1, 0.15) is 71.6 Å². The SMILES string of the molecule is CCC.O=CCCCC1CCCCC1. The smallest absolute Gasteiger partial charge is 0.119 e. The predicted octanol–water partition coefficient (Wildman–Crippen LogP) is 4.35. The maximum absolute atomic E-state index is 10.0. The lowest BCUT2D eigenvalue weighted by molar-refractivity contribution is -0.108. The number of hydrogen-bond donors (Lipinski definition) is 0. The molecule has 0 atom stereocenters. The van der Waals surface area contributed by atoms with E-state index in [0.717, 1.165) is 25.0 Å². The number of unbranched alkanes of at least 4 members (excludes halogenated alkanes) is 1. The van der Waals surface area contributed by atoms with Crippen molar-refractivity contribution in [2.75, 3.05) is 0 Å². The van der Waals surface area contributed by atoms with Gasteiger partial charge in [-0.2, -0.15) is 0 Å². The van der Waals surface area contributed by atoms with Gasteiger partial charge in [0, 0.05) is 6.42 Å². The summed E-state index contributed by atoms with van der Waals surface area (Å²) in [6.07, 6.45) is 12.6. The highest BCUT2D eigenvalue weighted by molar-refractivity contribution is 5.48. The van der Waals surface area contributed by atoms with Crippen LogP contribution in [-0.4, -0.2) is 6.29 Å². The fourth-order valence-electron chi connectivity index (χ4n) is 1.97. The second-order valence-corrected chi connectivity index (χ2v) is 4.31. The lowest BCUT2D eigenvalue weighted by Crippen LogP contribution is -2.05. The maximum Gasteiger partial charge on any atom is 0.119 e. The van der Waals surface area contributed by atoms with E-state index in [2.05, 4.69) is 13.8 Å². The summed E-state index contributed by atoms with van der Waals surface area (Å²) in [7, 11) is 0. The Labute approximate surface area is 89.3 Å². The lowest BCUT2D eigenvalue weighted by atomic mass is 9.86. The molecule has 0 heterocycles. The molecule has 84 valence electrons. The van der Waals surface area contributed by atoms with E-state index in [1.165, 1.54) is 44.9 Å². The Kier molecular flexibility index (Phi) is 10.5. The summed E-state index contributed by atoms with van der Waals surface area (Å²) in [5.41, 5.74) is 0. The van der Waals surface area contributed by atoms with Gasteiger partial charge in [0.2, 0.25) is 0 Å². The van der Waals surface area contributed by atoms with Crippen LogP contribution in [0.4, 0.5) is 0 Å². The number of rotatable bonds is 4. The van der Waals surface area contributed by atoms with E-state index in [0.29, 0.717) is 0 Å². The van der Waals surface area contributed by atoms with Gasteiger partial charge in [-0.25, -0.2) is 0 Å². The summed E-state index contributed by atoms with van der Waals surface area (Å²) < 4.78 is 0. The molecule has 1 rings (SSSR count). The van der Waals surface area contributed by atoms with Crippen LogP contribution in [0.5, 0.6) is 0 Å². The molecule has 0 aromatic heterocycles. The van der Waals surface area contributed by atoms with E-state index in [1.807, 2.05) is 0 Å². The summed E-state index contributed by atoms with van der Waals surface area (Å²) in [4.78, 5) is 10.0. The van der Waals surface area contributed by atoms with E-state index >= 15 is 0 Å². The molecule has 1 aliphatic carbocycles. The van der Waals surface area contributed by atoms with Crippen molar-refractivity contribution in [3.05, 3.63) is 0 Å². The van der Waals surface area contributed by atoms with Gasteiger partial charge in [-0.3, -0.25) is 0 Å². The van der Waals surface area contributed by atoms with Crippen LogP contribution in [0.15, 0.2) is 0 Å². The average molecular weight is 198 g/mol. The average Bonchev–Trinajstić information content (AvgIpc) is 2.21. The first-order valence-corrected chi connectivity index (χ1v) is 6.28. The molecule has 0 unspecified atom stereocenters. The van der Waals surface area contributed by atoms with E-state index in [-0.39, 0.29) is 0 Å². The third kappa shape index (κ3) is 8.28. The summed E-state index contributed by atoms with van der Waals surface area (Å²) in [5.74, 6) is 0.948. The lowest BCUT2D eigenvalue weighted by Gasteiger charge is -2.20. The molecule has 1 saturated carbocycles. The molecular weight excluding hydrogens is 172 g/mol. The van der Waals surface area contributed by atoms with Crippen molar-refractivity contribution in [1.29, 1.82) is 0 Å². The molecule has 1 heteroatoms. The second kappa shape index (κ2) is 10.7. The largest absolute Gasteiger partial charge is 0.303 e. The zero-order valence-electron chi connectivity index (χ0n) is 9.93. The first-order chi connectivity index (χ1) is 6.85. The molecule has 1 aliphatic rings. The van der Waals surface area contributed by atoms with Gasteiger partial charge in [0.25, 0.3) is 0 Å². The van der Waals surface area contributed by atoms with Crippen molar-refractivity contribution >= 4 is 6.29 Å². The Balaban J connectivity index is 0.000000500. The van der Waals surface area contributed by atoms with Gasteiger partial charge < -0.3 is 4.79 Å². The number of carbonyl (C=O) groups is 1. The van der Waals surface area contributed by atoms with Crippen LogP contribution in [0.2, 0.25) is 0 Å². The highest BCUT2D eigenvalue weighted by Crippen LogP contribution is 2.27. The number of aldehydes is 1. The second-order valence-electron chi connectivity index (χ2n) is 4.31. The topological polar surface area (TPSA) is 17.1 Å². The van der Waals surface area contributed by atoms with Crippen LogP contribution >= 0.6 is 0 Å². The fourth-order valence-corrected chi connectivity index (χ4v) is 1.97. The van der Waals surface area contributed by atoms with Crippen molar-refractivity contribution in [1.82, 2.24) is 0 Å². The van der Waals surface area contributed by atoms with E-state index in [1.54, 1.807) is 0 Å². The van der Waals surface area contributed by atoms with E-state index in [9.17, 15) is 4.79 Å². The molecule has 0 bridgehead atoms. The molecule has 0 spiro atoms. The van der Waals surface area contributed by atoms with Gasteiger partial charge in [-0.15, -0.1) is 0 Å². The number of hydrogen-bond acceptors (Lipinski definition) is 1. The van der Waals surface area contributed by atoms with Crippen LogP contribution in [0, 0.1) is 5.92 Å². The van der Waals surface area contributed by atoms with Crippen molar-refractivity contribution in [2.24, 2.45) is 5.92 Å². The molecule has 1 nitrogen and oxygen atoms in total. The van der Waals surface area contributed by atoms with Crippen LogP contribution in [0.25, 0.3) is 0 Å². The molecule has 0 saturated heterocycles. The van der Waals surface area contributed by atoms with E-state index < -0.39 is 0 Å². The minimum Gasteiger partial charge on any atom is -0.303 e. The Morgan fingerprint density at radius 1 is 1.14 bits per heavy atom. The quantitative estimate of drug-likeness (QED) is 0.485. The Morgan fingerprint density at radius 3 is 2.21 bits per heavy atom. The van der Waals surface area contributed by atoms with Crippen molar-refractivity contribution in [3.63, 3.8) is 0 Å². The molecule has 0 radical (unpaired) electrons. The fraction of sp³-hybridized carbons (Fsp3) is 0.923. The Hall–Kier alpha value is -0.330. The van der Waals surface area contributed by atoms with Gasteiger partial charge in [-0.05, 0) is 12.3 Å². The summed E-state index contributed by atoms with van der Waals surface area (Å²) in [5, 5.41) is 0. The van der Waals surface area contributed by atoms with Crippen molar-refractivity contribution in [2.45, 2.75) is 71.6 Å². The summed E-state index contributed by atoms with van der Waals surface area (Å²) >= 11 is 0. The first-order valence-electron chi connectivity index (χ1n) is 6.28. The third-order valence-electron chi connectivity index (χ3n) is 2.66. The minimum absolute atomic E-state index is 0.774. The molecule has 14 heavy (non-hydrogen) atoms. The van der Waals surface area contributed by atoms with Gasteiger partial charge in [0.15, 0.2) is 0 Å². The summed E-state index contributed by atoms with van der Waals surface area (Å²) in [6, 6.07) is 0. The molecule has 0 aromatic rings. The monoisotopic (exact) mass is 198 g/mol. The Bertz CT molecular complexity index is 114. The maximum atomic E-state index is 10.0. The standard InChI is InChI=1S/C10H18O.C3H8/c11-9-5-4-8-10-6-2-1-3-7-10;1-3-2/h9-10H,1-8H2;3H2,1-2H3. The predicted molar refractivity (Wildman–Crippen MR) is 62.5 cm³/mol. The first kappa shape index (κ1) is 13.7. The van der Waals surface area contributed by atoms with Gasteiger partial charge in [0.05, 0.1) is 0 Å². The van der Waals surface area contributed by atoms with E-state index in [4.69, 9.17) is 0 Å². The zero-order chi connectivity index (χ0) is 10.6. The molecule has 0 amide bonds. The van der Waals surface area contributed by atoms with Crippen molar-refractivity contribution in [3.8, 4) is 0 Å². The third-order valence-corrected chi connectivity index (χ3v) is 2.66. The summed E-state index contributed by atoms with van der Waals surface area (Å²) in [6.45, 7) is 4.25. The van der Waals surface area contributed by atoms with Crippen LogP contribution < -0.4 is 0 Å². The van der Waals surface area contributed by atoms with Crippen LogP contribution in [-0.2, 0) is 4.79 Å². The highest BCUT2D eigenvalue weighted by Gasteiger charge is 2.11. The highest BCUT2D eigenvalue weighted by atomic mass is 16.1. The van der Waals surface area contributed by atoms with Crippen molar-refractivity contribution < 1.29 is 4.79 Å². The Morgan fingerprint density at radius 2 is 1.71 bits per heavy atom. The van der Waals surface area contributed by atoms with Gasteiger partial charge >= 0.3 is 0 Å². The van der Waals surface area contributed by atoms with Crippen LogP contribution in [0.3, 0.4) is 0 Å². The molecule has 1 fully saturated rings. The molecule has 0 aliphatic heterocycles. The van der Waals surface area contributed by atoms with Gasteiger partial charge in [0.1, 0.15) is 6.29 Å². The molecule has 0 aromatic carbocycles.